The van der Waals surface area contributed by atoms with Gasteiger partial charge in [0, 0.05) is 13.1 Å². The van der Waals surface area contributed by atoms with Crippen LogP contribution in [0.15, 0.2) is 36.7 Å². The normalized spacial score (nSPS) is 15.2. The van der Waals surface area contributed by atoms with E-state index < -0.39 is 12.7 Å². The van der Waals surface area contributed by atoms with Gasteiger partial charge in [-0.2, -0.15) is 8.78 Å². The van der Waals surface area contributed by atoms with Gasteiger partial charge in [-0.3, -0.25) is 0 Å². The molecule has 0 N–H and O–H groups in total. The van der Waals surface area contributed by atoms with E-state index in [-0.39, 0.29) is 0 Å². The number of nitrogens with zero attached hydrogens (tertiary/aromatic N) is 6. The summed E-state index contributed by atoms with van der Waals surface area (Å²) in [5.41, 5.74) is 2.25. The Morgan fingerprint density at radius 3 is 2.71 bits per heavy atom. The second kappa shape index (κ2) is 6.08. The van der Waals surface area contributed by atoms with Gasteiger partial charge >= 0.3 is 6.61 Å². The fraction of sp³-hybridized carbons (Fsp3) is 0.333. The second-order valence-corrected chi connectivity index (χ2v) is 5.53. The molecule has 1 aliphatic heterocycles. The highest BCUT2D eigenvalue weighted by Gasteiger charge is 2.32. The molecule has 0 amide bonds. The summed E-state index contributed by atoms with van der Waals surface area (Å²) in [4.78, 5) is 10.3. The third-order valence-electron chi connectivity index (χ3n) is 3.90. The molecule has 0 unspecified atom stereocenters. The maximum absolute atomic E-state index is 12.2. The minimum atomic E-state index is -2.76. The molecule has 0 radical (unpaired) electrons. The predicted octanol–water partition coefficient (Wildman–Crippen LogP) is 1.70. The van der Waals surface area contributed by atoms with Crippen LogP contribution in [0.2, 0.25) is 0 Å². The molecule has 0 aliphatic carbocycles. The summed E-state index contributed by atoms with van der Waals surface area (Å²) in [7, 11) is 0. The number of hydrogen-bond acceptors (Lipinski definition) is 6. The fourth-order valence-corrected chi connectivity index (χ4v) is 2.72. The minimum absolute atomic E-state index is 0.349. The zero-order valence-corrected chi connectivity index (χ0v) is 12.6. The quantitative estimate of drug-likeness (QED) is 0.708. The Morgan fingerprint density at radius 1 is 1.17 bits per heavy atom. The number of alkyl halides is 2. The van der Waals surface area contributed by atoms with Crippen molar-refractivity contribution in [2.24, 2.45) is 0 Å². The lowest BCUT2D eigenvalue weighted by Crippen LogP contribution is -2.53. The summed E-state index contributed by atoms with van der Waals surface area (Å²) in [6, 6.07) is 9.86. The molecule has 1 aromatic carbocycles. The number of fused-ring (bicyclic) bond motifs is 1. The fourth-order valence-electron chi connectivity index (χ4n) is 2.72. The highest BCUT2D eigenvalue weighted by atomic mass is 19.3. The van der Waals surface area contributed by atoms with E-state index in [0.717, 1.165) is 5.56 Å². The Bertz CT molecular complexity index is 834. The molecule has 0 saturated carbocycles. The molecule has 1 saturated heterocycles. The summed E-state index contributed by atoms with van der Waals surface area (Å²) in [6.07, 6.45) is 0.943. The van der Waals surface area contributed by atoms with Crippen molar-refractivity contribution in [2.75, 3.05) is 18.0 Å². The summed E-state index contributed by atoms with van der Waals surface area (Å²) >= 11 is 0. The molecule has 3 aromatic rings. The zero-order chi connectivity index (χ0) is 16.5. The zero-order valence-electron chi connectivity index (χ0n) is 12.6. The average molecular weight is 332 g/mol. The van der Waals surface area contributed by atoms with Crippen LogP contribution in [0, 0.1) is 0 Å². The van der Waals surface area contributed by atoms with Crippen molar-refractivity contribution in [3.05, 3.63) is 42.2 Å². The van der Waals surface area contributed by atoms with Crippen molar-refractivity contribution in [1.82, 2.24) is 25.0 Å². The van der Waals surface area contributed by atoms with Gasteiger partial charge in [-0.25, -0.2) is 14.6 Å². The summed E-state index contributed by atoms with van der Waals surface area (Å²) in [6.45, 7) is -1.51. The summed E-state index contributed by atoms with van der Waals surface area (Å²) in [5.74, 6) is 0.591. The van der Waals surface area contributed by atoms with Gasteiger partial charge in [0.2, 0.25) is 0 Å². The second-order valence-electron chi connectivity index (χ2n) is 5.53. The van der Waals surface area contributed by atoms with E-state index in [4.69, 9.17) is 0 Å². The maximum Gasteiger partial charge on any atom is 0.345 e. The van der Waals surface area contributed by atoms with Gasteiger partial charge in [0.15, 0.2) is 17.0 Å². The Kier molecular flexibility index (Phi) is 3.77. The van der Waals surface area contributed by atoms with E-state index in [1.165, 1.54) is 6.33 Å². The number of hydrogen-bond donors (Lipinski definition) is 0. The third-order valence-corrected chi connectivity index (χ3v) is 3.90. The monoisotopic (exact) mass is 332 g/mol. The largest absolute Gasteiger partial charge is 0.349 e. The molecule has 24 heavy (non-hydrogen) atoms. The topological polar surface area (TPSA) is 69.0 Å². The summed E-state index contributed by atoms with van der Waals surface area (Å²) in [5, 5.41) is 8.31. The molecular formula is C15H14F2N6O. The lowest BCUT2D eigenvalue weighted by molar-refractivity contribution is -0.167. The van der Waals surface area contributed by atoms with Crippen molar-refractivity contribution in [2.45, 2.75) is 19.3 Å². The molecule has 4 rings (SSSR count). The predicted molar refractivity (Wildman–Crippen MR) is 81.8 cm³/mol. The molecule has 0 bridgehead atoms. The first-order valence-electron chi connectivity index (χ1n) is 7.47. The number of ether oxygens (including phenoxy) is 1. The van der Waals surface area contributed by atoms with Gasteiger partial charge in [-0.15, -0.1) is 5.10 Å². The van der Waals surface area contributed by atoms with Crippen LogP contribution >= 0.6 is 0 Å². The Labute approximate surface area is 135 Å². The smallest absolute Gasteiger partial charge is 0.345 e. The van der Waals surface area contributed by atoms with Crippen molar-refractivity contribution in [3.8, 4) is 0 Å². The molecule has 0 spiro atoms. The van der Waals surface area contributed by atoms with Gasteiger partial charge in [0.1, 0.15) is 6.33 Å². The molecule has 2 aromatic heterocycles. The molecule has 124 valence electrons. The van der Waals surface area contributed by atoms with Crippen molar-refractivity contribution >= 4 is 17.0 Å². The highest BCUT2D eigenvalue weighted by molar-refractivity contribution is 5.83. The molecule has 7 nitrogen and oxygen atoms in total. The Morgan fingerprint density at radius 2 is 1.96 bits per heavy atom. The van der Waals surface area contributed by atoms with Crippen molar-refractivity contribution in [1.29, 1.82) is 0 Å². The van der Waals surface area contributed by atoms with Crippen LogP contribution in [0.5, 0.6) is 0 Å². The molecule has 9 heteroatoms. The highest BCUT2D eigenvalue weighted by Crippen LogP contribution is 2.26. The van der Waals surface area contributed by atoms with Gasteiger partial charge in [-0.1, -0.05) is 35.5 Å². The van der Waals surface area contributed by atoms with Crippen LogP contribution in [0.25, 0.3) is 11.2 Å². The van der Waals surface area contributed by atoms with Crippen LogP contribution < -0.4 is 4.90 Å². The number of aromatic nitrogens is 5. The standard InChI is InChI=1S/C15H14F2N6O/c16-15(17)24-11-7-22(8-11)13-12-14(19-9-18-13)23(21-20-12)6-10-4-2-1-3-5-10/h1-5,9,11,15H,6-8H2. The van der Waals surface area contributed by atoms with Crippen LogP contribution in [-0.4, -0.2) is 50.8 Å². The van der Waals surface area contributed by atoms with E-state index in [0.29, 0.717) is 36.6 Å². The van der Waals surface area contributed by atoms with E-state index in [2.05, 4.69) is 25.0 Å². The van der Waals surface area contributed by atoms with Crippen LogP contribution in [-0.2, 0) is 11.3 Å². The number of halogens is 2. The molecular weight excluding hydrogens is 318 g/mol. The van der Waals surface area contributed by atoms with Crippen molar-refractivity contribution < 1.29 is 13.5 Å². The number of benzene rings is 1. The van der Waals surface area contributed by atoms with Gasteiger partial charge in [0.25, 0.3) is 0 Å². The maximum atomic E-state index is 12.2. The average Bonchev–Trinajstić information content (AvgIpc) is 2.95. The minimum Gasteiger partial charge on any atom is -0.349 e. The first-order valence-corrected chi connectivity index (χ1v) is 7.47. The number of anilines is 1. The Balaban J connectivity index is 1.56. The molecule has 3 heterocycles. The SMILES string of the molecule is FC(F)OC1CN(c2ncnc3c2nnn3Cc2ccccc2)C1. The lowest BCUT2D eigenvalue weighted by atomic mass is 10.1. The van der Waals surface area contributed by atoms with Gasteiger partial charge < -0.3 is 9.64 Å². The molecule has 1 aliphatic rings. The summed E-state index contributed by atoms with van der Waals surface area (Å²) < 4.78 is 30.6. The van der Waals surface area contributed by atoms with Gasteiger partial charge in [-0.05, 0) is 5.56 Å². The van der Waals surface area contributed by atoms with Crippen LogP contribution in [0.4, 0.5) is 14.6 Å². The van der Waals surface area contributed by atoms with Crippen LogP contribution in [0.1, 0.15) is 5.56 Å². The Hall–Kier alpha value is -2.68. The van der Waals surface area contributed by atoms with Crippen LogP contribution in [0.3, 0.4) is 0 Å². The molecule has 1 fully saturated rings. The van der Waals surface area contributed by atoms with Crippen molar-refractivity contribution in [3.63, 3.8) is 0 Å². The first kappa shape index (κ1) is 14.9. The first-order chi connectivity index (χ1) is 11.7. The number of rotatable bonds is 5. The molecule has 0 atom stereocenters. The van der Waals surface area contributed by atoms with E-state index in [9.17, 15) is 8.78 Å². The van der Waals surface area contributed by atoms with E-state index in [1.54, 1.807) is 4.68 Å². The lowest BCUT2D eigenvalue weighted by Gasteiger charge is -2.39. The van der Waals surface area contributed by atoms with E-state index >= 15 is 0 Å². The van der Waals surface area contributed by atoms with E-state index in [1.807, 2.05) is 35.2 Å². The third kappa shape index (κ3) is 2.78. The van der Waals surface area contributed by atoms with Gasteiger partial charge in [0.05, 0.1) is 12.6 Å².